The zero-order chi connectivity index (χ0) is 37.2. The number of aldehydes is 1. The molecule has 1 saturated heterocycles. The molecule has 2 heterocycles. The maximum atomic E-state index is 13.4. The average molecular weight is 694 g/mol. The fourth-order valence-corrected chi connectivity index (χ4v) is 6.76. The summed E-state index contributed by atoms with van der Waals surface area (Å²) in [6.07, 6.45) is 8.49. The van der Waals surface area contributed by atoms with E-state index in [9.17, 15) is 39.0 Å². The summed E-state index contributed by atoms with van der Waals surface area (Å²) in [7, 11) is 0. The number of carbonyl (C=O) groups excluding carboxylic acids is 6. The van der Waals surface area contributed by atoms with Gasteiger partial charge >= 0.3 is 5.97 Å². The number of allylic oxidation sites excluding steroid dienone is 5. The number of esters is 1. The molecule has 1 aromatic rings. The van der Waals surface area contributed by atoms with Gasteiger partial charge in [0.2, 0.25) is 11.6 Å². The second-order valence-corrected chi connectivity index (χ2v) is 13.2. The topological polar surface area (TPSA) is 192 Å². The van der Waals surface area contributed by atoms with Gasteiger partial charge in [0.1, 0.15) is 30.7 Å². The lowest BCUT2D eigenvalue weighted by molar-refractivity contribution is -0.234. The van der Waals surface area contributed by atoms with Gasteiger partial charge in [-0.25, -0.2) is 0 Å². The molecule has 0 radical (unpaired) electrons. The number of ether oxygens (including phenoxy) is 4. The largest absolute Gasteiger partial charge is 0.507 e. The van der Waals surface area contributed by atoms with Crippen LogP contribution in [0.4, 0.5) is 0 Å². The highest BCUT2D eigenvalue weighted by Crippen LogP contribution is 2.46. The molecule has 1 aromatic carbocycles. The Kier molecular flexibility index (Phi) is 11.5. The number of Topliss-reactive ketones (excluding diaryl/α,β-unsaturated/α-hetero) is 2. The Hall–Kier alpha value is -4.72. The van der Waals surface area contributed by atoms with Crippen molar-refractivity contribution in [1.29, 1.82) is 0 Å². The molecule has 268 valence electrons. The fraction of sp³-hybridized carbons (Fsp3) is 0.459. The highest BCUT2D eigenvalue weighted by Gasteiger charge is 2.49. The summed E-state index contributed by atoms with van der Waals surface area (Å²) in [4.78, 5) is 75.2. The zero-order valence-electron chi connectivity index (χ0n) is 29.3. The highest BCUT2D eigenvalue weighted by atomic mass is 16.7. The second kappa shape index (κ2) is 15.0. The van der Waals surface area contributed by atoms with E-state index in [1.165, 1.54) is 32.9 Å². The number of ketones is 3. The predicted octanol–water partition coefficient (Wildman–Crippen LogP) is 3.84. The minimum absolute atomic E-state index is 0.0111. The molecule has 0 aromatic heterocycles. The quantitative estimate of drug-likeness (QED) is 0.132. The summed E-state index contributed by atoms with van der Waals surface area (Å²) in [5.74, 6) is -7.58. The molecule has 3 aliphatic rings. The van der Waals surface area contributed by atoms with Crippen molar-refractivity contribution in [3.63, 3.8) is 0 Å². The van der Waals surface area contributed by atoms with Crippen LogP contribution in [0.15, 0.2) is 47.7 Å². The van der Waals surface area contributed by atoms with E-state index in [0.29, 0.717) is 6.29 Å². The lowest BCUT2D eigenvalue weighted by atomic mass is 9.78. The molecule has 8 unspecified atom stereocenters. The number of amides is 1. The SMILES string of the molecule is CC(=O)OC(C(C)/C=C/C=O)C(C)C1OCOC(C(C)/C=C/C=C(/C)C(=O)NC2=CC(=O)c3c(c(O)c(C)c4c3C(=O)C(C)(O)O4)C2=O)C1C. The van der Waals surface area contributed by atoms with Crippen molar-refractivity contribution in [2.45, 2.75) is 79.5 Å². The molecule has 8 atom stereocenters. The molecular weight excluding hydrogens is 650 g/mol. The third-order valence-electron chi connectivity index (χ3n) is 9.40. The Morgan fingerprint density at radius 3 is 2.34 bits per heavy atom. The van der Waals surface area contributed by atoms with Crippen LogP contribution in [0.2, 0.25) is 0 Å². The van der Waals surface area contributed by atoms with Crippen LogP contribution in [-0.2, 0) is 28.6 Å². The van der Waals surface area contributed by atoms with E-state index in [1.807, 2.05) is 33.8 Å². The van der Waals surface area contributed by atoms with Crippen LogP contribution in [0.5, 0.6) is 11.5 Å². The lowest BCUT2D eigenvalue weighted by Crippen LogP contribution is -2.49. The number of benzene rings is 1. The summed E-state index contributed by atoms with van der Waals surface area (Å²) in [5, 5.41) is 23.6. The van der Waals surface area contributed by atoms with Crippen molar-refractivity contribution in [3.05, 3.63) is 70.0 Å². The zero-order valence-corrected chi connectivity index (χ0v) is 29.3. The fourth-order valence-electron chi connectivity index (χ4n) is 6.76. The molecule has 1 amide bonds. The number of carbonyl (C=O) groups is 6. The van der Waals surface area contributed by atoms with Crippen molar-refractivity contribution >= 4 is 35.5 Å². The number of aromatic hydroxyl groups is 1. The molecular formula is C37H43NO12. The molecule has 13 nitrogen and oxygen atoms in total. The first-order chi connectivity index (χ1) is 23.4. The number of hydrogen-bond donors (Lipinski definition) is 3. The number of fused-ring (bicyclic) bond motifs is 3. The molecule has 1 fully saturated rings. The first-order valence-corrected chi connectivity index (χ1v) is 16.3. The van der Waals surface area contributed by atoms with Gasteiger partial charge in [-0.1, -0.05) is 52.0 Å². The Morgan fingerprint density at radius 1 is 1.04 bits per heavy atom. The summed E-state index contributed by atoms with van der Waals surface area (Å²) in [6.45, 7) is 13.1. The van der Waals surface area contributed by atoms with Crippen LogP contribution in [-0.4, -0.2) is 76.6 Å². The van der Waals surface area contributed by atoms with Gasteiger partial charge in [0.05, 0.1) is 34.6 Å². The maximum Gasteiger partial charge on any atom is 0.302 e. The molecule has 0 saturated carbocycles. The van der Waals surface area contributed by atoms with Crippen LogP contribution < -0.4 is 10.1 Å². The summed E-state index contributed by atoms with van der Waals surface area (Å²) in [5.41, 5.74) is -1.36. The Labute approximate surface area is 290 Å². The molecule has 4 rings (SSSR count). The molecule has 0 spiro atoms. The highest BCUT2D eigenvalue weighted by molar-refractivity contribution is 6.30. The van der Waals surface area contributed by atoms with Gasteiger partial charge in [-0.2, -0.15) is 0 Å². The Balaban J connectivity index is 1.46. The van der Waals surface area contributed by atoms with E-state index >= 15 is 0 Å². The Morgan fingerprint density at radius 2 is 1.70 bits per heavy atom. The van der Waals surface area contributed by atoms with Gasteiger partial charge in [0, 0.05) is 54.7 Å². The third kappa shape index (κ3) is 7.40. The Bertz CT molecular complexity index is 1730. The first kappa shape index (κ1) is 38.1. The minimum Gasteiger partial charge on any atom is -0.507 e. The van der Waals surface area contributed by atoms with E-state index in [-0.39, 0.29) is 65.1 Å². The standard InChI is InChI=1S/C37H43NO12/c1-17(31-21(5)33(48-16-47-31)22(6)32(49-23(7)40)18(2)13-10-14-39)11-9-12-19(3)36(45)38-24-15-25(41)26-27(30(24)43)29(42)20(4)34-28(26)35(44)37(8,46)50-34/h9-15,17-18,21-22,31-33,42,46H,16H2,1-8H3,(H,38,45)/b11-9+,13-10+,19-12-. The van der Waals surface area contributed by atoms with Crippen molar-refractivity contribution < 1.29 is 57.9 Å². The van der Waals surface area contributed by atoms with Crippen molar-refractivity contribution in [3.8, 4) is 11.5 Å². The number of nitrogens with one attached hydrogen (secondary N) is 1. The van der Waals surface area contributed by atoms with Gasteiger partial charge in [-0.05, 0) is 19.9 Å². The second-order valence-electron chi connectivity index (χ2n) is 13.2. The number of phenols is 1. The van der Waals surface area contributed by atoms with Crippen LogP contribution >= 0.6 is 0 Å². The van der Waals surface area contributed by atoms with Crippen LogP contribution in [0.1, 0.15) is 85.1 Å². The van der Waals surface area contributed by atoms with Crippen LogP contribution in [0, 0.1) is 30.6 Å². The van der Waals surface area contributed by atoms with Gasteiger partial charge in [0.25, 0.3) is 11.7 Å². The number of hydrogen-bond acceptors (Lipinski definition) is 12. The van der Waals surface area contributed by atoms with E-state index in [0.717, 1.165) is 13.0 Å². The molecule has 1 aliphatic carbocycles. The number of aliphatic hydroxyl groups is 1. The maximum absolute atomic E-state index is 13.4. The molecule has 0 bridgehead atoms. The number of rotatable bonds is 11. The van der Waals surface area contributed by atoms with E-state index < -0.39 is 63.7 Å². The summed E-state index contributed by atoms with van der Waals surface area (Å²) >= 11 is 0. The molecule has 3 N–H and O–H groups in total. The molecule has 2 aliphatic heterocycles. The van der Waals surface area contributed by atoms with Crippen LogP contribution in [0.25, 0.3) is 0 Å². The lowest BCUT2D eigenvalue weighted by Gasteiger charge is -2.43. The van der Waals surface area contributed by atoms with Gasteiger partial charge < -0.3 is 34.5 Å². The first-order valence-electron chi connectivity index (χ1n) is 16.3. The van der Waals surface area contributed by atoms with Gasteiger partial charge in [-0.15, -0.1) is 0 Å². The predicted molar refractivity (Wildman–Crippen MR) is 178 cm³/mol. The monoisotopic (exact) mass is 693 g/mol. The molecule has 13 heteroatoms. The minimum atomic E-state index is -2.28. The van der Waals surface area contributed by atoms with Gasteiger partial charge in [0.15, 0.2) is 5.78 Å². The van der Waals surface area contributed by atoms with E-state index in [2.05, 4.69) is 5.32 Å². The third-order valence-corrected chi connectivity index (χ3v) is 9.40. The summed E-state index contributed by atoms with van der Waals surface area (Å²) < 4.78 is 22.9. The van der Waals surface area contributed by atoms with Crippen molar-refractivity contribution in [1.82, 2.24) is 5.32 Å². The summed E-state index contributed by atoms with van der Waals surface area (Å²) in [6, 6.07) is 0. The smallest absolute Gasteiger partial charge is 0.302 e. The van der Waals surface area contributed by atoms with Crippen molar-refractivity contribution in [2.75, 3.05) is 6.79 Å². The van der Waals surface area contributed by atoms with E-state index in [4.69, 9.17) is 18.9 Å². The number of phenolic OH excluding ortho intramolecular Hbond substituents is 1. The molecule has 50 heavy (non-hydrogen) atoms. The van der Waals surface area contributed by atoms with Crippen molar-refractivity contribution in [2.24, 2.45) is 23.7 Å². The average Bonchev–Trinajstić information content (AvgIpc) is 3.30. The van der Waals surface area contributed by atoms with E-state index in [1.54, 1.807) is 12.2 Å². The van der Waals surface area contributed by atoms with Crippen LogP contribution in [0.3, 0.4) is 0 Å². The normalized spacial score (nSPS) is 26.1. The van der Waals surface area contributed by atoms with Gasteiger partial charge in [-0.3, -0.25) is 28.8 Å².